The molecule has 0 bridgehead atoms. The lowest BCUT2D eigenvalue weighted by Crippen LogP contribution is -1.92. The molecule has 27 heavy (non-hydrogen) atoms. The van der Waals surface area contributed by atoms with Crippen molar-refractivity contribution < 1.29 is 19.9 Å². The first kappa shape index (κ1) is 17.4. The number of azo groups is 1. The molecule has 0 aliphatic rings. The molecule has 0 unspecified atom stereocenters. The molecule has 0 atom stereocenters. The van der Waals surface area contributed by atoms with Crippen LogP contribution >= 0.6 is 0 Å². The van der Waals surface area contributed by atoms with Crippen LogP contribution in [0.1, 0.15) is 0 Å². The zero-order valence-corrected chi connectivity index (χ0v) is 13.1. The van der Waals surface area contributed by atoms with Crippen molar-refractivity contribution in [3.8, 4) is 5.88 Å². The van der Waals surface area contributed by atoms with E-state index in [1.54, 1.807) is 0 Å². The summed E-state index contributed by atoms with van der Waals surface area (Å²) in [6.07, 6.45) is 0. The second-order valence-corrected chi connectivity index (χ2v) is 5.20. The Balaban J connectivity index is 2.06. The minimum absolute atomic E-state index is 0.0902. The van der Waals surface area contributed by atoms with E-state index < -0.39 is 32.0 Å². The number of aromatic nitrogens is 1. The number of aromatic hydroxyl groups is 1. The predicted molar refractivity (Wildman–Crippen MR) is 90.5 cm³/mol. The predicted octanol–water partition coefficient (Wildman–Crippen LogP) is 4.01. The number of rotatable bonds is 5. The average molecular weight is 372 g/mol. The van der Waals surface area contributed by atoms with Crippen LogP contribution in [-0.2, 0) is 0 Å². The second-order valence-electron chi connectivity index (χ2n) is 5.20. The van der Waals surface area contributed by atoms with Gasteiger partial charge in [0.2, 0.25) is 5.88 Å². The highest BCUT2D eigenvalue weighted by Gasteiger charge is 2.20. The summed E-state index contributed by atoms with van der Waals surface area (Å²) in [6.45, 7) is 0. The van der Waals surface area contributed by atoms with E-state index >= 15 is 0 Å². The summed E-state index contributed by atoms with van der Waals surface area (Å²) in [5, 5.41) is 50.3. The highest BCUT2D eigenvalue weighted by molar-refractivity contribution is 5.95. The molecule has 136 valence electrons. The molecular weight excluding hydrogens is 364 g/mol. The van der Waals surface area contributed by atoms with Gasteiger partial charge in [-0.1, -0.05) is 0 Å². The number of non-ortho nitro benzene ring substituents is 2. The van der Waals surface area contributed by atoms with Crippen molar-refractivity contribution in [2.75, 3.05) is 0 Å². The van der Waals surface area contributed by atoms with Crippen molar-refractivity contribution in [1.82, 2.24) is 4.98 Å². The lowest BCUT2D eigenvalue weighted by Gasteiger charge is -1.97. The normalized spacial score (nSPS) is 11.1. The van der Waals surface area contributed by atoms with E-state index in [2.05, 4.69) is 15.2 Å². The van der Waals surface area contributed by atoms with Crippen molar-refractivity contribution in [1.29, 1.82) is 0 Å². The number of nitrogens with zero attached hydrogens (tertiary/aromatic N) is 5. The molecule has 0 saturated carbocycles. The Labute approximate surface area is 148 Å². The summed E-state index contributed by atoms with van der Waals surface area (Å²) >= 11 is 0. The third-order valence-corrected chi connectivity index (χ3v) is 3.57. The average Bonchev–Trinajstić information content (AvgIpc) is 2.93. The molecule has 0 radical (unpaired) electrons. The summed E-state index contributed by atoms with van der Waals surface area (Å²) in [5.41, 5.74) is -1.47. The third-order valence-electron chi connectivity index (χ3n) is 3.57. The fourth-order valence-corrected chi connectivity index (χ4v) is 2.33. The first-order valence-corrected chi connectivity index (χ1v) is 7.11. The molecule has 0 aliphatic heterocycles. The minimum atomic E-state index is -0.847. The molecule has 0 fully saturated rings. The fraction of sp³-hybridized carbons (Fsp3) is 0. The Kier molecular flexibility index (Phi) is 4.17. The number of nitrogens with one attached hydrogen (secondary N) is 1. The SMILES string of the molecule is O=[N+]([O-])c1ccc(N=Nc2c(O)[nH]c3cc([N+](=O)[O-])ccc23)c([N+](=O)[O-])c1. The van der Waals surface area contributed by atoms with Gasteiger partial charge in [0.05, 0.1) is 26.4 Å². The molecule has 13 heteroatoms. The van der Waals surface area contributed by atoms with Gasteiger partial charge in [0, 0.05) is 23.6 Å². The van der Waals surface area contributed by atoms with Crippen molar-refractivity contribution in [3.05, 3.63) is 66.7 Å². The number of nitro benzene ring substituents is 3. The van der Waals surface area contributed by atoms with E-state index in [1.165, 1.54) is 18.2 Å². The Morgan fingerprint density at radius 1 is 0.852 bits per heavy atom. The molecule has 1 heterocycles. The maximum Gasteiger partial charge on any atom is 0.303 e. The lowest BCUT2D eigenvalue weighted by atomic mass is 10.2. The van der Waals surface area contributed by atoms with E-state index in [0.717, 1.165) is 18.2 Å². The molecule has 0 spiro atoms. The van der Waals surface area contributed by atoms with Crippen molar-refractivity contribution in [3.63, 3.8) is 0 Å². The maximum atomic E-state index is 11.1. The van der Waals surface area contributed by atoms with E-state index in [9.17, 15) is 35.4 Å². The van der Waals surface area contributed by atoms with Gasteiger partial charge in [0.1, 0.15) is 0 Å². The summed E-state index contributed by atoms with van der Waals surface area (Å²) in [5.74, 6) is -0.446. The number of H-pyrrole nitrogens is 1. The molecule has 3 aromatic rings. The summed E-state index contributed by atoms with van der Waals surface area (Å²) < 4.78 is 0. The van der Waals surface area contributed by atoms with Crippen LogP contribution in [0.3, 0.4) is 0 Å². The summed E-state index contributed by atoms with van der Waals surface area (Å²) in [7, 11) is 0. The standard InChI is InChI=1S/C14H8N6O7/c21-14-13(9-3-1-7(18(22)23)5-11(9)15-14)17-16-10-4-2-8(19(24)25)6-12(10)20(26)27/h1-6,15,21H. The first-order valence-electron chi connectivity index (χ1n) is 7.11. The molecule has 2 aromatic carbocycles. The minimum Gasteiger partial charge on any atom is -0.493 e. The zero-order valence-electron chi connectivity index (χ0n) is 13.1. The Morgan fingerprint density at radius 3 is 2.11 bits per heavy atom. The monoisotopic (exact) mass is 372 g/mol. The van der Waals surface area contributed by atoms with Crippen LogP contribution < -0.4 is 0 Å². The highest BCUT2D eigenvalue weighted by Crippen LogP contribution is 2.39. The maximum absolute atomic E-state index is 11.1. The van der Waals surface area contributed by atoms with Gasteiger partial charge >= 0.3 is 5.69 Å². The van der Waals surface area contributed by atoms with Crippen molar-refractivity contribution in [2.24, 2.45) is 10.2 Å². The Morgan fingerprint density at radius 2 is 1.48 bits per heavy atom. The smallest absolute Gasteiger partial charge is 0.303 e. The molecule has 3 rings (SSSR count). The van der Waals surface area contributed by atoms with Crippen LogP contribution in [0, 0.1) is 30.3 Å². The number of aromatic amines is 1. The topological polar surface area (TPSA) is 190 Å². The van der Waals surface area contributed by atoms with Gasteiger partial charge in [-0.2, -0.15) is 0 Å². The van der Waals surface area contributed by atoms with E-state index in [4.69, 9.17) is 0 Å². The quantitative estimate of drug-likeness (QED) is 0.384. The fourth-order valence-electron chi connectivity index (χ4n) is 2.33. The van der Waals surface area contributed by atoms with Crippen LogP contribution in [0.2, 0.25) is 0 Å². The Hall–Kier alpha value is -4.42. The van der Waals surface area contributed by atoms with Gasteiger partial charge in [0.15, 0.2) is 11.4 Å². The van der Waals surface area contributed by atoms with Gasteiger partial charge in [-0.05, 0) is 12.1 Å². The molecule has 13 nitrogen and oxygen atoms in total. The number of nitro groups is 3. The van der Waals surface area contributed by atoms with Crippen LogP contribution in [0.5, 0.6) is 5.88 Å². The van der Waals surface area contributed by atoms with Gasteiger partial charge < -0.3 is 10.1 Å². The molecular formula is C14H8N6O7. The van der Waals surface area contributed by atoms with Crippen LogP contribution in [-0.4, -0.2) is 24.9 Å². The molecule has 1 aromatic heterocycles. The molecule has 0 amide bonds. The van der Waals surface area contributed by atoms with Crippen molar-refractivity contribution in [2.45, 2.75) is 0 Å². The third kappa shape index (κ3) is 3.23. The number of fused-ring (bicyclic) bond motifs is 1. The first-order chi connectivity index (χ1) is 12.8. The van der Waals surface area contributed by atoms with E-state index in [-0.39, 0.29) is 22.6 Å². The largest absolute Gasteiger partial charge is 0.493 e. The summed E-state index contributed by atoms with van der Waals surface area (Å²) in [6, 6.07) is 6.54. The zero-order chi connectivity index (χ0) is 19.7. The van der Waals surface area contributed by atoms with Gasteiger partial charge in [-0.25, -0.2) is 0 Å². The van der Waals surface area contributed by atoms with Gasteiger partial charge in [-0.3, -0.25) is 30.3 Å². The van der Waals surface area contributed by atoms with Crippen molar-refractivity contribution >= 4 is 39.3 Å². The van der Waals surface area contributed by atoms with Crippen LogP contribution in [0.15, 0.2) is 46.6 Å². The highest BCUT2D eigenvalue weighted by atomic mass is 16.6. The molecule has 0 saturated heterocycles. The van der Waals surface area contributed by atoms with E-state index in [0.29, 0.717) is 5.39 Å². The summed E-state index contributed by atoms with van der Waals surface area (Å²) in [4.78, 5) is 32.9. The number of hydrogen-bond acceptors (Lipinski definition) is 9. The van der Waals surface area contributed by atoms with Gasteiger partial charge in [0.25, 0.3) is 11.4 Å². The number of benzene rings is 2. The van der Waals surface area contributed by atoms with E-state index in [1.807, 2.05) is 0 Å². The second kappa shape index (κ2) is 6.47. The lowest BCUT2D eigenvalue weighted by molar-refractivity contribution is -0.393. The van der Waals surface area contributed by atoms with Crippen LogP contribution in [0.4, 0.5) is 28.4 Å². The molecule has 2 N–H and O–H groups in total. The number of hydrogen-bond donors (Lipinski definition) is 2. The van der Waals surface area contributed by atoms with Crippen LogP contribution in [0.25, 0.3) is 10.9 Å². The molecule has 0 aliphatic carbocycles. The van der Waals surface area contributed by atoms with Gasteiger partial charge in [-0.15, -0.1) is 10.2 Å². The Bertz CT molecular complexity index is 1140.